The van der Waals surface area contributed by atoms with Crippen LogP contribution in [0.1, 0.15) is 17.9 Å². The van der Waals surface area contributed by atoms with E-state index in [0.29, 0.717) is 6.42 Å². The Kier molecular flexibility index (Phi) is 1.86. The van der Waals surface area contributed by atoms with E-state index in [1.165, 1.54) is 0 Å². The summed E-state index contributed by atoms with van der Waals surface area (Å²) in [7, 11) is 0. The molecule has 2 heterocycles. The van der Waals surface area contributed by atoms with Gasteiger partial charge in [0.2, 0.25) is 5.91 Å². The Morgan fingerprint density at radius 2 is 2.12 bits per heavy atom. The Bertz CT molecular complexity index is 582. The van der Waals surface area contributed by atoms with Gasteiger partial charge in [0.05, 0.1) is 5.92 Å². The van der Waals surface area contributed by atoms with Crippen LogP contribution in [0.4, 0.5) is 0 Å². The molecule has 1 aromatic heterocycles. The van der Waals surface area contributed by atoms with Crippen LogP contribution in [0.2, 0.25) is 0 Å². The van der Waals surface area contributed by atoms with Crippen LogP contribution >= 0.6 is 0 Å². The van der Waals surface area contributed by atoms with E-state index in [9.17, 15) is 4.79 Å². The zero-order chi connectivity index (χ0) is 11.1. The van der Waals surface area contributed by atoms with Gasteiger partial charge in [0, 0.05) is 29.2 Å². The minimum absolute atomic E-state index is 0.0507. The maximum absolute atomic E-state index is 11.7. The van der Waals surface area contributed by atoms with Crippen molar-refractivity contribution in [3.05, 3.63) is 48.3 Å². The molecule has 0 radical (unpaired) electrons. The number of fused-ring (bicyclic) bond motifs is 1. The topological polar surface area (TPSA) is 44.9 Å². The number of hydrogen-bond acceptors (Lipinski definition) is 1. The van der Waals surface area contributed by atoms with Crippen LogP contribution in [0.5, 0.6) is 0 Å². The number of carbonyl (C=O) groups is 1. The fourth-order valence-corrected chi connectivity index (χ4v) is 2.28. The molecule has 3 rings (SSSR count). The minimum Gasteiger partial charge on any atom is -0.361 e. The molecule has 1 fully saturated rings. The molecular formula is C13H12N2O. The lowest BCUT2D eigenvalue weighted by Gasteiger charge is -2.03. The predicted octanol–water partition coefficient (Wildman–Crippen LogP) is 2.29. The number of aromatic nitrogens is 1. The zero-order valence-electron chi connectivity index (χ0n) is 8.79. The van der Waals surface area contributed by atoms with Gasteiger partial charge in [-0.1, -0.05) is 24.8 Å². The monoisotopic (exact) mass is 212 g/mol. The molecule has 0 bridgehead atoms. The first-order valence-corrected chi connectivity index (χ1v) is 5.30. The van der Waals surface area contributed by atoms with Gasteiger partial charge in [-0.05, 0) is 11.6 Å². The Balaban J connectivity index is 2.13. The van der Waals surface area contributed by atoms with Crippen molar-refractivity contribution in [2.75, 3.05) is 0 Å². The van der Waals surface area contributed by atoms with Crippen molar-refractivity contribution in [3.8, 4) is 0 Å². The van der Waals surface area contributed by atoms with Crippen molar-refractivity contribution in [3.63, 3.8) is 0 Å². The maximum Gasteiger partial charge on any atom is 0.232 e. The van der Waals surface area contributed by atoms with Crippen LogP contribution in [0.3, 0.4) is 0 Å². The molecule has 1 aliphatic heterocycles. The SMILES string of the molecule is C=C1CC(c2c[nH]c3ccccc23)C(=O)N1. The number of rotatable bonds is 1. The summed E-state index contributed by atoms with van der Waals surface area (Å²) in [5.41, 5.74) is 2.94. The van der Waals surface area contributed by atoms with E-state index in [1.807, 2.05) is 30.5 Å². The van der Waals surface area contributed by atoms with Crippen LogP contribution in [-0.4, -0.2) is 10.9 Å². The summed E-state index contributed by atoms with van der Waals surface area (Å²) in [5.74, 6) is -0.0431. The third-order valence-corrected chi connectivity index (χ3v) is 3.06. The van der Waals surface area contributed by atoms with Crippen molar-refractivity contribution in [2.24, 2.45) is 0 Å². The van der Waals surface area contributed by atoms with E-state index >= 15 is 0 Å². The van der Waals surface area contributed by atoms with E-state index in [1.54, 1.807) is 0 Å². The van der Waals surface area contributed by atoms with E-state index in [4.69, 9.17) is 0 Å². The van der Waals surface area contributed by atoms with Gasteiger partial charge in [0.15, 0.2) is 0 Å². The summed E-state index contributed by atoms with van der Waals surface area (Å²) in [6.07, 6.45) is 2.62. The Hall–Kier alpha value is -2.03. The quantitative estimate of drug-likeness (QED) is 0.748. The average molecular weight is 212 g/mol. The number of nitrogens with one attached hydrogen (secondary N) is 2. The fourth-order valence-electron chi connectivity index (χ4n) is 2.28. The van der Waals surface area contributed by atoms with E-state index in [0.717, 1.165) is 22.2 Å². The third kappa shape index (κ3) is 1.25. The van der Waals surface area contributed by atoms with E-state index in [-0.39, 0.29) is 11.8 Å². The molecule has 2 N–H and O–H groups in total. The molecule has 80 valence electrons. The van der Waals surface area contributed by atoms with Gasteiger partial charge in [-0.15, -0.1) is 0 Å². The molecule has 1 atom stereocenters. The van der Waals surface area contributed by atoms with Gasteiger partial charge in [-0.3, -0.25) is 4.79 Å². The number of para-hydroxylation sites is 1. The molecule has 16 heavy (non-hydrogen) atoms. The summed E-state index contributed by atoms with van der Waals surface area (Å²) < 4.78 is 0. The van der Waals surface area contributed by atoms with Gasteiger partial charge >= 0.3 is 0 Å². The number of carbonyl (C=O) groups excluding carboxylic acids is 1. The zero-order valence-corrected chi connectivity index (χ0v) is 8.79. The summed E-state index contributed by atoms with van der Waals surface area (Å²) in [6.45, 7) is 3.80. The standard InChI is InChI=1S/C13H12N2O/c1-8-6-10(13(16)15-8)11-7-14-12-5-3-2-4-9(11)12/h2-5,7,10,14H,1,6H2,(H,15,16). The lowest BCUT2D eigenvalue weighted by atomic mass is 9.97. The number of hydrogen-bond donors (Lipinski definition) is 2. The van der Waals surface area contributed by atoms with Crippen LogP contribution in [0, 0.1) is 0 Å². The van der Waals surface area contributed by atoms with E-state index < -0.39 is 0 Å². The Morgan fingerprint density at radius 3 is 2.88 bits per heavy atom. The highest BCUT2D eigenvalue weighted by atomic mass is 16.2. The van der Waals surface area contributed by atoms with Gasteiger partial charge in [-0.2, -0.15) is 0 Å². The maximum atomic E-state index is 11.7. The lowest BCUT2D eigenvalue weighted by Crippen LogP contribution is -2.16. The average Bonchev–Trinajstić information content (AvgIpc) is 2.81. The number of H-pyrrole nitrogens is 1. The number of allylic oxidation sites excluding steroid dienone is 1. The van der Waals surface area contributed by atoms with Gasteiger partial charge in [0.25, 0.3) is 0 Å². The summed E-state index contributed by atoms with van der Waals surface area (Å²) in [6, 6.07) is 8.02. The molecular weight excluding hydrogens is 200 g/mol. The lowest BCUT2D eigenvalue weighted by molar-refractivity contribution is -0.120. The van der Waals surface area contributed by atoms with Crippen molar-refractivity contribution in [2.45, 2.75) is 12.3 Å². The number of amides is 1. The Morgan fingerprint density at radius 1 is 1.31 bits per heavy atom. The second-order valence-electron chi connectivity index (χ2n) is 4.14. The number of benzene rings is 1. The first-order valence-electron chi connectivity index (χ1n) is 5.30. The predicted molar refractivity (Wildman–Crippen MR) is 62.9 cm³/mol. The second-order valence-corrected chi connectivity index (χ2v) is 4.14. The highest BCUT2D eigenvalue weighted by molar-refractivity contribution is 5.94. The molecule has 3 nitrogen and oxygen atoms in total. The number of aromatic amines is 1. The smallest absolute Gasteiger partial charge is 0.232 e. The molecule has 1 amide bonds. The fraction of sp³-hybridized carbons (Fsp3) is 0.154. The van der Waals surface area contributed by atoms with Crippen LogP contribution in [0.25, 0.3) is 10.9 Å². The molecule has 0 aliphatic carbocycles. The van der Waals surface area contributed by atoms with Gasteiger partial charge < -0.3 is 10.3 Å². The molecule has 0 saturated carbocycles. The summed E-state index contributed by atoms with van der Waals surface area (Å²) in [4.78, 5) is 14.9. The van der Waals surface area contributed by atoms with E-state index in [2.05, 4.69) is 16.9 Å². The first kappa shape index (κ1) is 9.21. The van der Waals surface area contributed by atoms with Crippen molar-refractivity contribution in [1.29, 1.82) is 0 Å². The molecule has 1 aliphatic rings. The first-order chi connectivity index (χ1) is 7.75. The van der Waals surface area contributed by atoms with Crippen LogP contribution in [-0.2, 0) is 4.79 Å². The van der Waals surface area contributed by atoms with Crippen LogP contribution < -0.4 is 5.32 Å². The summed E-state index contributed by atoms with van der Waals surface area (Å²) in [5, 5.41) is 3.90. The molecule has 3 heteroatoms. The van der Waals surface area contributed by atoms with Gasteiger partial charge in [-0.25, -0.2) is 0 Å². The summed E-state index contributed by atoms with van der Waals surface area (Å²) >= 11 is 0. The molecule has 1 aromatic carbocycles. The molecule has 1 saturated heterocycles. The van der Waals surface area contributed by atoms with Crippen molar-refractivity contribution < 1.29 is 4.79 Å². The largest absolute Gasteiger partial charge is 0.361 e. The minimum atomic E-state index is -0.0938. The second kappa shape index (κ2) is 3.23. The normalized spacial score (nSPS) is 20.4. The Labute approximate surface area is 93.2 Å². The highest BCUT2D eigenvalue weighted by Crippen LogP contribution is 2.32. The van der Waals surface area contributed by atoms with Gasteiger partial charge in [0.1, 0.15) is 0 Å². The molecule has 0 spiro atoms. The van der Waals surface area contributed by atoms with Crippen LogP contribution in [0.15, 0.2) is 42.7 Å². The highest BCUT2D eigenvalue weighted by Gasteiger charge is 2.30. The third-order valence-electron chi connectivity index (χ3n) is 3.06. The van der Waals surface area contributed by atoms with Crippen molar-refractivity contribution >= 4 is 16.8 Å². The molecule has 2 aromatic rings. The van der Waals surface area contributed by atoms with Crippen molar-refractivity contribution in [1.82, 2.24) is 10.3 Å². The molecule has 1 unspecified atom stereocenters.